The summed E-state index contributed by atoms with van der Waals surface area (Å²) in [6.07, 6.45) is 3.72. The Morgan fingerprint density at radius 2 is 1.35 bits per heavy atom. The van der Waals surface area contributed by atoms with Crippen LogP contribution in [-0.4, -0.2) is 9.91 Å². The van der Waals surface area contributed by atoms with Gasteiger partial charge in [-0.25, -0.2) is 13.2 Å². The number of nitro groups is 1. The Morgan fingerprint density at radius 1 is 0.700 bits per heavy atom. The zero-order valence-electron chi connectivity index (χ0n) is 22.9. The summed E-state index contributed by atoms with van der Waals surface area (Å²) in [6, 6.07) is 21.1. The third-order valence-corrected chi connectivity index (χ3v) is 6.73. The van der Waals surface area contributed by atoms with Crippen LogP contribution < -0.4 is 0 Å². The average molecular weight is 612 g/mol. The van der Waals surface area contributed by atoms with Crippen LogP contribution in [0.15, 0.2) is 95.7 Å². The molecule has 0 N–H and O–H groups in total. The average Bonchev–Trinajstić information content (AvgIpc) is 2.92. The fraction of sp³-hybridized carbons (Fsp3) is 0.156. The maximum atomic E-state index is 12.3. The summed E-state index contributed by atoms with van der Waals surface area (Å²) < 4.78 is 37.8. The summed E-state index contributed by atoms with van der Waals surface area (Å²) in [5.74, 6) is -0.944. The summed E-state index contributed by atoms with van der Waals surface area (Å²) in [5.41, 5.74) is 4.78. The molecule has 0 aliphatic rings. The van der Waals surface area contributed by atoms with Crippen molar-refractivity contribution in [2.45, 2.75) is 34.6 Å². The predicted octanol–water partition coefficient (Wildman–Crippen LogP) is 9.92. The zero-order valence-corrected chi connectivity index (χ0v) is 24.5. The first kappa shape index (κ1) is 32.2. The number of nitrogens with zero attached hydrogens (tertiary/aromatic N) is 2. The second-order valence-electron chi connectivity index (χ2n) is 8.98. The van der Waals surface area contributed by atoms with Gasteiger partial charge in [0.05, 0.1) is 4.92 Å². The molecule has 0 bridgehead atoms. The van der Waals surface area contributed by atoms with Gasteiger partial charge in [0.25, 0.3) is 5.69 Å². The zero-order chi connectivity index (χ0) is 29.8. The molecule has 0 unspecified atom stereocenters. The number of aryl methyl sites for hydroxylation is 5. The molecule has 1 heterocycles. The third-order valence-electron chi connectivity index (χ3n) is 5.84. The highest BCUT2D eigenvalue weighted by Crippen LogP contribution is 2.17. The Bertz CT molecular complexity index is 1540. The highest BCUT2D eigenvalue weighted by Gasteiger charge is 2.04. The lowest BCUT2D eigenvalue weighted by molar-refractivity contribution is -0.384. The molecular formula is C32H30BrF3N2O2. The molecule has 40 heavy (non-hydrogen) atoms. The Hall–Kier alpha value is -4.04. The first-order valence-electron chi connectivity index (χ1n) is 12.2. The van der Waals surface area contributed by atoms with Crippen molar-refractivity contribution >= 4 is 32.4 Å². The molecule has 8 heteroatoms. The minimum Gasteiger partial charge on any atom is -0.264 e. The molecule has 4 aromatic carbocycles. The van der Waals surface area contributed by atoms with Gasteiger partial charge in [0.15, 0.2) is 0 Å². The van der Waals surface area contributed by atoms with Gasteiger partial charge in [-0.3, -0.25) is 15.1 Å². The SMILES string of the molecule is Cc1cc(F)ccc1Br.Cc1cc(F)ccc1F.Cc1ccc([N+](=O)[O-])cc1C.Cc1cccc2cnccc12. The lowest BCUT2D eigenvalue weighted by Crippen LogP contribution is -1.89. The van der Waals surface area contributed by atoms with Gasteiger partial charge in [-0.05, 0) is 110 Å². The van der Waals surface area contributed by atoms with Crippen LogP contribution in [0.4, 0.5) is 18.9 Å². The molecule has 0 amide bonds. The van der Waals surface area contributed by atoms with Gasteiger partial charge in [-0.1, -0.05) is 40.2 Å². The van der Waals surface area contributed by atoms with Crippen molar-refractivity contribution in [1.82, 2.24) is 4.98 Å². The van der Waals surface area contributed by atoms with Gasteiger partial charge in [0.2, 0.25) is 0 Å². The summed E-state index contributed by atoms with van der Waals surface area (Å²) in [7, 11) is 0. The van der Waals surface area contributed by atoms with Crippen molar-refractivity contribution in [1.29, 1.82) is 0 Å². The van der Waals surface area contributed by atoms with Crippen LogP contribution in [-0.2, 0) is 0 Å². The molecular weight excluding hydrogens is 581 g/mol. The van der Waals surface area contributed by atoms with Gasteiger partial charge in [-0.2, -0.15) is 0 Å². The van der Waals surface area contributed by atoms with Crippen LogP contribution in [0.2, 0.25) is 0 Å². The number of aromatic nitrogens is 1. The molecule has 5 aromatic rings. The smallest absolute Gasteiger partial charge is 0.264 e. The summed E-state index contributed by atoms with van der Waals surface area (Å²) in [5, 5.41) is 12.8. The van der Waals surface area contributed by atoms with Crippen molar-refractivity contribution < 1.29 is 18.1 Å². The number of fused-ring (bicyclic) bond motifs is 1. The molecule has 0 atom stereocenters. The van der Waals surface area contributed by atoms with Gasteiger partial charge >= 0.3 is 0 Å². The lowest BCUT2D eigenvalue weighted by atomic mass is 10.1. The van der Waals surface area contributed by atoms with E-state index >= 15 is 0 Å². The molecule has 0 saturated carbocycles. The number of hydrogen-bond donors (Lipinski definition) is 0. The van der Waals surface area contributed by atoms with E-state index < -0.39 is 5.82 Å². The van der Waals surface area contributed by atoms with Crippen LogP contribution >= 0.6 is 15.9 Å². The lowest BCUT2D eigenvalue weighted by Gasteiger charge is -1.98. The van der Waals surface area contributed by atoms with Gasteiger partial charge < -0.3 is 0 Å². The quantitative estimate of drug-likeness (QED) is 0.140. The number of benzene rings is 4. The van der Waals surface area contributed by atoms with Gasteiger partial charge in [-0.15, -0.1) is 0 Å². The number of nitro benzene ring substituents is 1. The number of non-ortho nitro benzene ring substituents is 1. The topological polar surface area (TPSA) is 56.0 Å². The molecule has 5 rings (SSSR count). The molecule has 4 nitrogen and oxygen atoms in total. The Balaban J connectivity index is 0.000000188. The van der Waals surface area contributed by atoms with E-state index in [9.17, 15) is 23.3 Å². The standard InChI is InChI=1S/C10H9N.C8H9NO2.C7H6BrF.C7H6F2/c1-8-3-2-4-9-7-11-6-5-10(8)9;1-6-3-4-8(9(10)11)5-7(6)2;1-5-4-6(9)2-3-7(5)8;1-5-4-6(8)2-3-7(5)9/h2-7H,1H3;3-5H,1-2H3;2*2-4H,1H3. The van der Waals surface area contributed by atoms with Crippen molar-refractivity contribution in [3.8, 4) is 0 Å². The number of pyridine rings is 1. The van der Waals surface area contributed by atoms with E-state index in [0.29, 0.717) is 5.56 Å². The molecule has 0 spiro atoms. The van der Waals surface area contributed by atoms with E-state index in [1.54, 1.807) is 18.2 Å². The normalized spacial score (nSPS) is 9.82. The third kappa shape index (κ3) is 10.3. The van der Waals surface area contributed by atoms with Gasteiger partial charge in [0.1, 0.15) is 17.5 Å². The van der Waals surface area contributed by atoms with Crippen LogP contribution in [0.5, 0.6) is 0 Å². The molecule has 0 radical (unpaired) electrons. The Kier molecular flexibility index (Phi) is 12.5. The van der Waals surface area contributed by atoms with Crippen molar-refractivity contribution in [3.63, 3.8) is 0 Å². The van der Waals surface area contributed by atoms with Crippen LogP contribution in [0.3, 0.4) is 0 Å². The predicted molar refractivity (Wildman–Crippen MR) is 159 cm³/mol. The maximum absolute atomic E-state index is 12.3. The summed E-state index contributed by atoms with van der Waals surface area (Å²) >= 11 is 3.26. The minimum absolute atomic E-state index is 0.160. The highest BCUT2D eigenvalue weighted by molar-refractivity contribution is 9.10. The van der Waals surface area contributed by atoms with Crippen molar-refractivity contribution in [2.24, 2.45) is 0 Å². The largest absolute Gasteiger partial charge is 0.269 e. The molecule has 208 valence electrons. The molecule has 0 aliphatic carbocycles. The Labute approximate surface area is 240 Å². The van der Waals surface area contributed by atoms with Gasteiger partial charge in [0, 0.05) is 34.4 Å². The second kappa shape index (κ2) is 15.5. The maximum Gasteiger partial charge on any atom is 0.269 e. The van der Waals surface area contributed by atoms with Crippen molar-refractivity contribution in [2.75, 3.05) is 0 Å². The van der Waals surface area contributed by atoms with E-state index in [1.165, 1.54) is 41.5 Å². The number of halogens is 4. The molecule has 0 aliphatic heterocycles. The highest BCUT2D eigenvalue weighted by atomic mass is 79.9. The monoisotopic (exact) mass is 610 g/mol. The van der Waals surface area contributed by atoms with E-state index in [4.69, 9.17) is 0 Å². The number of hydrogen-bond acceptors (Lipinski definition) is 3. The summed E-state index contributed by atoms with van der Waals surface area (Å²) in [4.78, 5) is 13.9. The fourth-order valence-corrected chi connectivity index (χ4v) is 3.59. The minimum atomic E-state index is -0.395. The second-order valence-corrected chi connectivity index (χ2v) is 9.84. The van der Waals surface area contributed by atoms with Crippen LogP contribution in [0.1, 0.15) is 27.8 Å². The fourth-order valence-electron chi connectivity index (χ4n) is 3.34. The first-order valence-corrected chi connectivity index (χ1v) is 13.0. The van der Waals surface area contributed by atoms with E-state index in [1.807, 2.05) is 39.2 Å². The van der Waals surface area contributed by atoms with E-state index in [0.717, 1.165) is 39.4 Å². The molecule has 1 aromatic heterocycles. The molecule has 0 saturated heterocycles. The van der Waals surface area contributed by atoms with Crippen LogP contribution in [0, 0.1) is 62.2 Å². The van der Waals surface area contributed by atoms with E-state index in [2.05, 4.69) is 46.0 Å². The first-order chi connectivity index (χ1) is 18.9. The molecule has 0 fully saturated rings. The number of rotatable bonds is 1. The van der Waals surface area contributed by atoms with Crippen molar-refractivity contribution in [3.05, 3.63) is 151 Å². The Morgan fingerprint density at radius 3 is 1.88 bits per heavy atom. The van der Waals surface area contributed by atoms with E-state index in [-0.39, 0.29) is 22.2 Å². The summed E-state index contributed by atoms with van der Waals surface area (Å²) in [6.45, 7) is 9.29. The van der Waals surface area contributed by atoms with Crippen LogP contribution in [0.25, 0.3) is 10.8 Å².